The highest BCUT2D eigenvalue weighted by atomic mass is 79.9. The van der Waals surface area contributed by atoms with Crippen LogP contribution in [0.5, 0.6) is 0 Å². The lowest BCUT2D eigenvalue weighted by molar-refractivity contribution is 0.0966. The molecule has 3 rings (SSSR count). The predicted molar refractivity (Wildman–Crippen MR) is 105 cm³/mol. The van der Waals surface area contributed by atoms with E-state index in [-0.39, 0.29) is 0 Å². The molecule has 130 valence electrons. The first kappa shape index (κ1) is 18.1. The molecule has 5 nitrogen and oxygen atoms in total. The number of anilines is 1. The lowest BCUT2D eigenvalue weighted by Crippen LogP contribution is -2.34. The van der Waals surface area contributed by atoms with Crippen molar-refractivity contribution in [3.63, 3.8) is 0 Å². The third-order valence-corrected chi connectivity index (χ3v) is 4.45. The number of hydrogen-bond acceptors (Lipinski definition) is 3. The van der Waals surface area contributed by atoms with E-state index < -0.39 is 11.9 Å². The quantitative estimate of drug-likeness (QED) is 0.605. The van der Waals surface area contributed by atoms with Crippen LogP contribution in [0.15, 0.2) is 71.3 Å². The summed E-state index contributed by atoms with van der Waals surface area (Å²) in [7, 11) is 0. The normalized spacial score (nSPS) is 10.2. The SMILES string of the molecule is O=C(NC(=O)c1ccccc1Br)Nc1ccc(-c2ccc(Cl)cc2)nc1. The number of amides is 3. The lowest BCUT2D eigenvalue weighted by Gasteiger charge is -2.08. The Morgan fingerprint density at radius 3 is 2.35 bits per heavy atom. The Balaban J connectivity index is 1.63. The molecule has 0 bridgehead atoms. The molecule has 0 spiro atoms. The first-order valence-electron chi connectivity index (χ1n) is 7.62. The number of urea groups is 1. The summed E-state index contributed by atoms with van der Waals surface area (Å²) in [6.07, 6.45) is 1.52. The average Bonchev–Trinajstić information content (AvgIpc) is 2.63. The molecule has 0 fully saturated rings. The minimum Gasteiger partial charge on any atom is -0.306 e. The molecule has 0 aliphatic carbocycles. The van der Waals surface area contributed by atoms with Crippen LogP contribution in [0.4, 0.5) is 10.5 Å². The largest absolute Gasteiger partial charge is 0.326 e. The summed E-state index contributed by atoms with van der Waals surface area (Å²) in [5, 5.41) is 5.51. The van der Waals surface area contributed by atoms with Crippen molar-refractivity contribution in [2.75, 3.05) is 5.32 Å². The second-order valence-electron chi connectivity index (χ2n) is 5.33. The maximum absolute atomic E-state index is 12.1. The van der Waals surface area contributed by atoms with E-state index >= 15 is 0 Å². The van der Waals surface area contributed by atoms with Gasteiger partial charge in [-0.3, -0.25) is 15.1 Å². The molecule has 0 aliphatic rings. The van der Waals surface area contributed by atoms with Gasteiger partial charge in [-0.05, 0) is 52.3 Å². The topological polar surface area (TPSA) is 71.1 Å². The van der Waals surface area contributed by atoms with Crippen LogP contribution in [0.3, 0.4) is 0 Å². The second kappa shape index (κ2) is 8.12. The maximum atomic E-state index is 12.1. The molecule has 26 heavy (non-hydrogen) atoms. The van der Waals surface area contributed by atoms with Gasteiger partial charge in [-0.2, -0.15) is 0 Å². The highest BCUT2D eigenvalue weighted by Gasteiger charge is 2.13. The van der Waals surface area contributed by atoms with Crippen LogP contribution in [0, 0.1) is 0 Å². The third kappa shape index (κ3) is 4.47. The summed E-state index contributed by atoms with van der Waals surface area (Å²) in [6.45, 7) is 0. The van der Waals surface area contributed by atoms with Gasteiger partial charge in [0.2, 0.25) is 0 Å². The third-order valence-electron chi connectivity index (χ3n) is 3.51. The zero-order valence-corrected chi connectivity index (χ0v) is 15.7. The number of halogens is 2. The van der Waals surface area contributed by atoms with Crippen molar-refractivity contribution in [2.24, 2.45) is 0 Å². The summed E-state index contributed by atoms with van der Waals surface area (Å²) >= 11 is 9.15. The van der Waals surface area contributed by atoms with E-state index in [1.54, 1.807) is 48.5 Å². The summed E-state index contributed by atoms with van der Waals surface area (Å²) in [5.41, 5.74) is 2.51. The van der Waals surface area contributed by atoms with Crippen LogP contribution in [0.25, 0.3) is 11.3 Å². The summed E-state index contributed by atoms with van der Waals surface area (Å²) in [5.74, 6) is -0.499. The monoisotopic (exact) mass is 429 g/mol. The highest BCUT2D eigenvalue weighted by Crippen LogP contribution is 2.21. The van der Waals surface area contributed by atoms with Crippen LogP contribution in [-0.4, -0.2) is 16.9 Å². The molecule has 0 saturated heterocycles. The second-order valence-corrected chi connectivity index (χ2v) is 6.62. The van der Waals surface area contributed by atoms with Gasteiger partial charge in [0.1, 0.15) is 0 Å². The molecule has 0 atom stereocenters. The van der Waals surface area contributed by atoms with Gasteiger partial charge in [-0.15, -0.1) is 0 Å². The Labute approximate surface area is 163 Å². The molecule has 1 heterocycles. The molecule has 7 heteroatoms. The molecule has 0 aliphatic heterocycles. The first-order chi connectivity index (χ1) is 12.5. The first-order valence-corrected chi connectivity index (χ1v) is 8.79. The van der Waals surface area contributed by atoms with Gasteiger partial charge < -0.3 is 5.32 Å². The number of aromatic nitrogens is 1. The number of hydrogen-bond donors (Lipinski definition) is 2. The molecule has 0 saturated carbocycles. The van der Waals surface area contributed by atoms with Gasteiger partial charge >= 0.3 is 6.03 Å². The van der Waals surface area contributed by atoms with Crippen LogP contribution in [0.1, 0.15) is 10.4 Å². The fourth-order valence-electron chi connectivity index (χ4n) is 2.24. The number of rotatable bonds is 3. The van der Waals surface area contributed by atoms with Crippen LogP contribution in [0.2, 0.25) is 5.02 Å². The highest BCUT2D eigenvalue weighted by molar-refractivity contribution is 9.10. The van der Waals surface area contributed by atoms with E-state index in [9.17, 15) is 9.59 Å². The molecule has 3 aromatic rings. The van der Waals surface area contributed by atoms with Crippen molar-refractivity contribution < 1.29 is 9.59 Å². The Morgan fingerprint density at radius 1 is 0.962 bits per heavy atom. The number of imide groups is 1. The van der Waals surface area contributed by atoms with E-state index in [0.29, 0.717) is 20.7 Å². The average molecular weight is 431 g/mol. The van der Waals surface area contributed by atoms with Gasteiger partial charge in [0.15, 0.2) is 0 Å². The smallest absolute Gasteiger partial charge is 0.306 e. The predicted octanol–water partition coefficient (Wildman–Crippen LogP) is 5.13. The van der Waals surface area contributed by atoms with E-state index in [1.165, 1.54) is 6.20 Å². The van der Waals surface area contributed by atoms with E-state index in [4.69, 9.17) is 11.6 Å². The van der Waals surface area contributed by atoms with Gasteiger partial charge in [-0.25, -0.2) is 4.79 Å². The Morgan fingerprint density at radius 2 is 1.69 bits per heavy atom. The van der Waals surface area contributed by atoms with E-state index in [2.05, 4.69) is 31.5 Å². The molecule has 3 amide bonds. The van der Waals surface area contributed by atoms with E-state index in [0.717, 1.165) is 11.3 Å². The van der Waals surface area contributed by atoms with Crippen molar-refractivity contribution >= 4 is 45.2 Å². The molecular weight excluding hydrogens is 418 g/mol. The number of carbonyl (C=O) groups is 2. The number of pyridine rings is 1. The van der Waals surface area contributed by atoms with Crippen molar-refractivity contribution in [3.8, 4) is 11.3 Å². The number of nitrogens with one attached hydrogen (secondary N) is 2. The standard InChI is InChI=1S/C19H13BrClN3O2/c20-16-4-2-1-3-15(16)18(25)24-19(26)23-14-9-10-17(22-11-14)12-5-7-13(21)8-6-12/h1-11H,(H2,23,24,25,26). The number of carbonyl (C=O) groups excluding carboxylic acids is 2. The van der Waals surface area contributed by atoms with Crippen molar-refractivity contribution in [2.45, 2.75) is 0 Å². The summed E-state index contributed by atoms with van der Waals surface area (Å²) in [4.78, 5) is 28.4. The molecule has 1 aromatic heterocycles. The van der Waals surface area contributed by atoms with Crippen molar-refractivity contribution in [3.05, 3.63) is 81.9 Å². The fourth-order valence-corrected chi connectivity index (χ4v) is 2.83. The summed E-state index contributed by atoms with van der Waals surface area (Å²) < 4.78 is 0.610. The van der Waals surface area contributed by atoms with Gasteiger partial charge in [0.05, 0.1) is 23.1 Å². The molecule has 0 radical (unpaired) electrons. The van der Waals surface area contributed by atoms with Gasteiger partial charge in [0.25, 0.3) is 5.91 Å². The van der Waals surface area contributed by atoms with Crippen LogP contribution in [-0.2, 0) is 0 Å². The maximum Gasteiger partial charge on any atom is 0.326 e. The minimum atomic E-state index is -0.633. The van der Waals surface area contributed by atoms with Crippen LogP contribution < -0.4 is 10.6 Å². The minimum absolute atomic E-state index is 0.374. The molecule has 2 N–H and O–H groups in total. The fraction of sp³-hybridized carbons (Fsp3) is 0. The van der Waals surface area contributed by atoms with Crippen molar-refractivity contribution in [1.29, 1.82) is 0 Å². The lowest BCUT2D eigenvalue weighted by atomic mass is 10.1. The van der Waals surface area contributed by atoms with Gasteiger partial charge in [0, 0.05) is 15.1 Å². The molecular formula is C19H13BrClN3O2. The zero-order valence-electron chi connectivity index (χ0n) is 13.4. The van der Waals surface area contributed by atoms with Crippen molar-refractivity contribution in [1.82, 2.24) is 10.3 Å². The summed E-state index contributed by atoms with van der Waals surface area (Å²) in [6, 6.07) is 17.0. The number of nitrogens with zero attached hydrogens (tertiary/aromatic N) is 1. The Hall–Kier alpha value is -2.70. The molecule has 0 unspecified atom stereocenters. The Bertz CT molecular complexity index is 944. The van der Waals surface area contributed by atoms with E-state index in [1.807, 2.05) is 12.1 Å². The Kier molecular flexibility index (Phi) is 5.65. The van der Waals surface area contributed by atoms with Gasteiger partial charge in [-0.1, -0.05) is 35.9 Å². The zero-order chi connectivity index (χ0) is 18.5. The number of benzene rings is 2. The van der Waals surface area contributed by atoms with Crippen LogP contribution >= 0.6 is 27.5 Å². The molecule has 2 aromatic carbocycles.